The first kappa shape index (κ1) is 43.8. The Labute approximate surface area is 436 Å². The second-order valence-corrected chi connectivity index (χ2v) is 19.2. The smallest absolute Gasteiger partial charge is 0.0541 e. The summed E-state index contributed by atoms with van der Waals surface area (Å²) in [6.07, 6.45) is 0. The zero-order valence-corrected chi connectivity index (χ0v) is 41.1. The van der Waals surface area contributed by atoms with Gasteiger partial charge in [0.2, 0.25) is 0 Å². The minimum atomic E-state index is 1.07. The summed E-state index contributed by atoms with van der Waals surface area (Å²) in [5, 5.41) is 4.96. The third-order valence-electron chi connectivity index (χ3n) is 15.0. The summed E-state index contributed by atoms with van der Waals surface area (Å²) < 4.78 is 4.75. The standard InChI is InChI=1S/C72H49N3/c1-4-20-52(21-5-1)59-26-10-11-27-60(59)61-28-12-13-29-62(61)63-30-14-17-33-68(63)73(57-42-36-50(37-43-57)53-40-46-71-66(48-53)64-31-15-18-34-69(64)74(71)55-22-6-2-7-23-55)58-44-38-51(39-45-58)54-41-47-72-67(49-54)65-32-16-19-35-70(65)75(72)56-24-8-3-9-25-56/h1-49H. The molecule has 2 aromatic heterocycles. The minimum absolute atomic E-state index is 1.07. The normalized spacial score (nSPS) is 11.5. The van der Waals surface area contributed by atoms with E-state index in [4.69, 9.17) is 0 Å². The van der Waals surface area contributed by atoms with Gasteiger partial charge in [0.15, 0.2) is 0 Å². The average Bonchev–Trinajstić information content (AvgIpc) is 4.01. The van der Waals surface area contributed by atoms with Crippen molar-refractivity contribution in [2.24, 2.45) is 0 Å². The minimum Gasteiger partial charge on any atom is -0.310 e. The van der Waals surface area contributed by atoms with E-state index < -0.39 is 0 Å². The van der Waals surface area contributed by atoms with Crippen LogP contribution in [0.5, 0.6) is 0 Å². The van der Waals surface area contributed by atoms with E-state index in [9.17, 15) is 0 Å². The van der Waals surface area contributed by atoms with Gasteiger partial charge in [0, 0.05) is 49.9 Å². The van der Waals surface area contributed by atoms with Gasteiger partial charge >= 0.3 is 0 Å². The summed E-state index contributed by atoms with van der Waals surface area (Å²) in [5.41, 5.74) is 22.1. The first-order chi connectivity index (χ1) is 37.2. The molecule has 0 atom stereocenters. The van der Waals surface area contributed by atoms with Crippen LogP contribution in [0, 0.1) is 0 Å². The summed E-state index contributed by atoms with van der Waals surface area (Å²) in [6.45, 7) is 0. The highest BCUT2D eigenvalue weighted by Gasteiger charge is 2.22. The molecule has 352 valence electrons. The van der Waals surface area contributed by atoms with Crippen molar-refractivity contribution in [3.63, 3.8) is 0 Å². The van der Waals surface area contributed by atoms with Crippen molar-refractivity contribution in [2.75, 3.05) is 4.90 Å². The molecule has 0 radical (unpaired) electrons. The van der Waals surface area contributed by atoms with Gasteiger partial charge in [0.05, 0.1) is 27.8 Å². The highest BCUT2D eigenvalue weighted by Crippen LogP contribution is 2.46. The summed E-state index contributed by atoms with van der Waals surface area (Å²) in [6, 6.07) is 108. The van der Waals surface area contributed by atoms with Crippen LogP contribution in [0.1, 0.15) is 0 Å². The molecule has 0 unspecified atom stereocenters. The molecule has 3 heteroatoms. The number of hydrogen-bond acceptors (Lipinski definition) is 1. The molecule has 0 N–H and O–H groups in total. The Hall–Kier alpha value is -9.96. The number of nitrogens with zero attached hydrogens (tertiary/aromatic N) is 3. The predicted octanol–water partition coefficient (Wildman–Crippen LogP) is 19.7. The molecule has 0 bridgehead atoms. The topological polar surface area (TPSA) is 13.1 Å². The van der Waals surface area contributed by atoms with Gasteiger partial charge in [0.25, 0.3) is 0 Å². The van der Waals surface area contributed by atoms with E-state index in [1.807, 2.05) is 0 Å². The lowest BCUT2D eigenvalue weighted by Gasteiger charge is -2.29. The quantitative estimate of drug-likeness (QED) is 0.133. The lowest BCUT2D eigenvalue weighted by atomic mass is 9.88. The Morgan fingerprint density at radius 3 is 1.05 bits per heavy atom. The highest BCUT2D eigenvalue weighted by atomic mass is 15.1. The molecular weight excluding hydrogens is 907 g/mol. The van der Waals surface area contributed by atoms with Crippen LogP contribution in [-0.4, -0.2) is 9.13 Å². The van der Waals surface area contributed by atoms with Gasteiger partial charge in [-0.05, 0) is 141 Å². The molecule has 0 fully saturated rings. The maximum absolute atomic E-state index is 2.43. The molecule has 0 aliphatic heterocycles. The number of aromatic nitrogens is 2. The average molecular weight is 956 g/mol. The molecule has 0 amide bonds. The second-order valence-electron chi connectivity index (χ2n) is 19.2. The number of anilines is 3. The number of fused-ring (bicyclic) bond motifs is 6. The van der Waals surface area contributed by atoms with Gasteiger partial charge in [-0.3, -0.25) is 0 Å². The molecule has 3 nitrogen and oxygen atoms in total. The van der Waals surface area contributed by atoms with E-state index in [0.717, 1.165) is 45.1 Å². The van der Waals surface area contributed by atoms with E-state index >= 15 is 0 Å². The Balaban J connectivity index is 0.896. The molecule has 0 saturated heterocycles. The van der Waals surface area contributed by atoms with Crippen molar-refractivity contribution in [1.29, 1.82) is 0 Å². The van der Waals surface area contributed by atoms with E-state index in [1.165, 1.54) is 82.6 Å². The zero-order chi connectivity index (χ0) is 49.7. The largest absolute Gasteiger partial charge is 0.310 e. The Kier molecular flexibility index (Phi) is 10.8. The van der Waals surface area contributed by atoms with Gasteiger partial charge in [-0.2, -0.15) is 0 Å². The summed E-state index contributed by atoms with van der Waals surface area (Å²) >= 11 is 0. The fraction of sp³-hybridized carbons (Fsp3) is 0. The summed E-state index contributed by atoms with van der Waals surface area (Å²) in [7, 11) is 0. The number of benzene rings is 12. The Morgan fingerprint density at radius 1 is 0.213 bits per heavy atom. The SMILES string of the molecule is c1ccc(-c2ccccc2-c2ccccc2-c2ccccc2N(c2ccc(-c3ccc4c(c3)c3ccccc3n4-c3ccccc3)cc2)c2ccc(-c3ccc4c(c3)c3ccccc3n4-c3ccccc3)cc2)cc1. The number of para-hydroxylation sites is 5. The van der Waals surface area contributed by atoms with Crippen LogP contribution < -0.4 is 4.90 Å². The molecule has 0 aliphatic carbocycles. The fourth-order valence-electron chi connectivity index (χ4n) is 11.5. The zero-order valence-electron chi connectivity index (χ0n) is 41.1. The number of rotatable bonds is 10. The van der Waals surface area contributed by atoms with Crippen molar-refractivity contribution >= 4 is 60.7 Å². The van der Waals surface area contributed by atoms with Gasteiger partial charge in [-0.15, -0.1) is 0 Å². The third kappa shape index (κ3) is 7.69. The van der Waals surface area contributed by atoms with Crippen molar-refractivity contribution in [3.8, 4) is 67.0 Å². The fourth-order valence-corrected chi connectivity index (χ4v) is 11.5. The van der Waals surface area contributed by atoms with Gasteiger partial charge < -0.3 is 14.0 Å². The van der Waals surface area contributed by atoms with E-state index in [0.29, 0.717) is 0 Å². The maximum atomic E-state index is 2.43. The molecule has 12 aromatic carbocycles. The van der Waals surface area contributed by atoms with Gasteiger partial charge in [-0.25, -0.2) is 0 Å². The third-order valence-corrected chi connectivity index (χ3v) is 15.0. The molecule has 2 heterocycles. The van der Waals surface area contributed by atoms with Gasteiger partial charge in [-0.1, -0.05) is 206 Å². The van der Waals surface area contributed by atoms with Crippen LogP contribution in [0.25, 0.3) is 111 Å². The Morgan fingerprint density at radius 2 is 0.560 bits per heavy atom. The lowest BCUT2D eigenvalue weighted by Crippen LogP contribution is -2.11. The first-order valence-corrected chi connectivity index (χ1v) is 25.8. The molecule has 0 saturated carbocycles. The molecule has 14 aromatic rings. The first-order valence-electron chi connectivity index (χ1n) is 25.8. The summed E-state index contributed by atoms with van der Waals surface area (Å²) in [4.78, 5) is 2.43. The van der Waals surface area contributed by atoms with Crippen LogP contribution in [0.2, 0.25) is 0 Å². The molecular formula is C72H49N3. The monoisotopic (exact) mass is 955 g/mol. The van der Waals surface area contributed by atoms with E-state index in [2.05, 4.69) is 311 Å². The maximum Gasteiger partial charge on any atom is 0.0541 e. The predicted molar refractivity (Wildman–Crippen MR) is 317 cm³/mol. The van der Waals surface area contributed by atoms with Crippen LogP contribution in [0.4, 0.5) is 17.1 Å². The van der Waals surface area contributed by atoms with Crippen LogP contribution >= 0.6 is 0 Å². The van der Waals surface area contributed by atoms with Crippen LogP contribution in [0.15, 0.2) is 297 Å². The van der Waals surface area contributed by atoms with Crippen molar-refractivity contribution in [2.45, 2.75) is 0 Å². The molecule has 14 rings (SSSR count). The molecule has 0 aliphatic rings. The Bertz CT molecular complexity index is 4180. The van der Waals surface area contributed by atoms with E-state index in [1.54, 1.807) is 0 Å². The highest BCUT2D eigenvalue weighted by molar-refractivity contribution is 6.12. The number of hydrogen-bond donors (Lipinski definition) is 0. The van der Waals surface area contributed by atoms with Gasteiger partial charge in [0.1, 0.15) is 0 Å². The van der Waals surface area contributed by atoms with Crippen molar-refractivity contribution < 1.29 is 0 Å². The van der Waals surface area contributed by atoms with Crippen LogP contribution in [-0.2, 0) is 0 Å². The molecule has 75 heavy (non-hydrogen) atoms. The second kappa shape index (κ2) is 18.6. The lowest BCUT2D eigenvalue weighted by molar-refractivity contribution is 1.18. The van der Waals surface area contributed by atoms with Crippen molar-refractivity contribution in [1.82, 2.24) is 9.13 Å². The van der Waals surface area contributed by atoms with Crippen LogP contribution in [0.3, 0.4) is 0 Å². The molecule has 0 spiro atoms. The summed E-state index contributed by atoms with van der Waals surface area (Å²) in [5.74, 6) is 0. The van der Waals surface area contributed by atoms with E-state index in [-0.39, 0.29) is 0 Å². The van der Waals surface area contributed by atoms with Crippen molar-refractivity contribution in [3.05, 3.63) is 297 Å².